The average Bonchev–Trinajstić information content (AvgIpc) is 3.10. The average molecular weight is 257 g/mol. The van der Waals surface area contributed by atoms with Gasteiger partial charge in [-0.1, -0.05) is 0 Å². The smallest absolute Gasteiger partial charge is 0.181 e. The Balaban J connectivity index is 1.81. The van der Waals surface area contributed by atoms with E-state index in [-0.39, 0.29) is 0 Å². The van der Waals surface area contributed by atoms with E-state index in [0.717, 1.165) is 30.2 Å². The molecule has 0 radical (unpaired) electrons. The van der Waals surface area contributed by atoms with Gasteiger partial charge in [0.25, 0.3) is 0 Å². The van der Waals surface area contributed by atoms with Gasteiger partial charge in [0.15, 0.2) is 5.82 Å². The number of aromatic amines is 1. The summed E-state index contributed by atoms with van der Waals surface area (Å²) in [6, 6.07) is 8.62. The fraction of sp³-hybridized carbons (Fsp3) is 0.429. The second kappa shape index (κ2) is 5.01. The minimum Gasteiger partial charge on any atom is -0.378 e. The second-order valence-electron chi connectivity index (χ2n) is 5.13. The lowest BCUT2D eigenvalue weighted by molar-refractivity contribution is 0.608. The van der Waals surface area contributed by atoms with Crippen molar-refractivity contribution in [2.75, 3.05) is 25.5 Å². The number of H-pyrrole nitrogens is 1. The molecule has 3 rings (SSSR count). The van der Waals surface area contributed by atoms with E-state index < -0.39 is 0 Å². The van der Waals surface area contributed by atoms with Gasteiger partial charge in [-0.15, -0.1) is 0 Å². The number of benzene rings is 1. The Hall–Kier alpha value is -1.88. The van der Waals surface area contributed by atoms with Gasteiger partial charge in [0.05, 0.1) is 6.04 Å². The van der Waals surface area contributed by atoms with E-state index in [4.69, 9.17) is 0 Å². The van der Waals surface area contributed by atoms with Gasteiger partial charge in [-0.3, -0.25) is 5.10 Å². The Morgan fingerprint density at radius 2 is 2.00 bits per heavy atom. The highest BCUT2D eigenvalue weighted by Gasteiger charge is 2.20. The fourth-order valence-corrected chi connectivity index (χ4v) is 2.39. The van der Waals surface area contributed by atoms with E-state index in [1.54, 1.807) is 0 Å². The first-order valence-corrected chi connectivity index (χ1v) is 6.67. The molecule has 0 bridgehead atoms. The van der Waals surface area contributed by atoms with Gasteiger partial charge in [-0.2, -0.15) is 5.10 Å². The van der Waals surface area contributed by atoms with E-state index in [0.29, 0.717) is 6.04 Å². The van der Waals surface area contributed by atoms with Crippen LogP contribution >= 0.6 is 0 Å². The molecule has 1 fully saturated rings. The van der Waals surface area contributed by atoms with Crippen LogP contribution in [0.5, 0.6) is 0 Å². The van der Waals surface area contributed by atoms with E-state index >= 15 is 0 Å². The molecule has 0 amide bonds. The fourth-order valence-electron chi connectivity index (χ4n) is 2.39. The molecule has 1 aromatic heterocycles. The van der Waals surface area contributed by atoms with Crippen LogP contribution in [0, 0.1) is 0 Å². The van der Waals surface area contributed by atoms with Crippen LogP contribution in [0.2, 0.25) is 0 Å². The number of nitrogens with one attached hydrogen (secondary N) is 2. The number of anilines is 1. The Bertz CT molecular complexity index is 537. The van der Waals surface area contributed by atoms with Gasteiger partial charge in [0.1, 0.15) is 5.82 Å². The molecule has 2 aromatic rings. The van der Waals surface area contributed by atoms with Gasteiger partial charge >= 0.3 is 0 Å². The zero-order valence-electron chi connectivity index (χ0n) is 11.3. The minimum atomic E-state index is 0.335. The normalized spacial score (nSPS) is 18.7. The van der Waals surface area contributed by atoms with Crippen LogP contribution in [0.15, 0.2) is 24.3 Å². The highest BCUT2D eigenvalue weighted by atomic mass is 15.2. The summed E-state index contributed by atoms with van der Waals surface area (Å²) in [5.41, 5.74) is 2.23. The highest BCUT2D eigenvalue weighted by Crippen LogP contribution is 2.23. The number of nitrogens with zero attached hydrogens (tertiary/aromatic N) is 3. The molecule has 5 nitrogen and oxygen atoms in total. The monoisotopic (exact) mass is 257 g/mol. The third-order valence-corrected chi connectivity index (χ3v) is 3.53. The first kappa shape index (κ1) is 12.2. The third-order valence-electron chi connectivity index (χ3n) is 3.53. The molecule has 0 aliphatic carbocycles. The maximum Gasteiger partial charge on any atom is 0.181 e. The predicted molar refractivity (Wildman–Crippen MR) is 76.1 cm³/mol. The number of hydrogen-bond donors (Lipinski definition) is 2. The molecular weight excluding hydrogens is 238 g/mol. The SMILES string of the molecule is CN(C)c1ccc(-c2n[nH]c(C3CCCN3)n2)cc1. The maximum atomic E-state index is 4.59. The lowest BCUT2D eigenvalue weighted by atomic mass is 10.2. The largest absolute Gasteiger partial charge is 0.378 e. The molecule has 1 unspecified atom stereocenters. The van der Waals surface area contributed by atoms with Crippen molar-refractivity contribution in [3.63, 3.8) is 0 Å². The summed E-state index contributed by atoms with van der Waals surface area (Å²) in [4.78, 5) is 6.67. The maximum absolute atomic E-state index is 4.59. The quantitative estimate of drug-likeness (QED) is 0.882. The summed E-state index contributed by atoms with van der Waals surface area (Å²) in [5.74, 6) is 1.72. The van der Waals surface area contributed by atoms with Crippen molar-refractivity contribution in [2.45, 2.75) is 18.9 Å². The molecule has 1 atom stereocenters. The van der Waals surface area contributed by atoms with E-state index in [1.165, 1.54) is 12.1 Å². The molecule has 1 saturated heterocycles. The summed E-state index contributed by atoms with van der Waals surface area (Å²) >= 11 is 0. The van der Waals surface area contributed by atoms with Crippen LogP contribution in [0.3, 0.4) is 0 Å². The Morgan fingerprint density at radius 3 is 2.63 bits per heavy atom. The molecule has 1 aromatic carbocycles. The van der Waals surface area contributed by atoms with Crippen molar-refractivity contribution in [3.05, 3.63) is 30.1 Å². The van der Waals surface area contributed by atoms with Crippen molar-refractivity contribution in [1.29, 1.82) is 0 Å². The molecule has 0 saturated carbocycles. The summed E-state index contributed by atoms with van der Waals surface area (Å²) < 4.78 is 0. The van der Waals surface area contributed by atoms with E-state index in [1.807, 2.05) is 14.1 Å². The van der Waals surface area contributed by atoms with Crippen molar-refractivity contribution in [1.82, 2.24) is 20.5 Å². The van der Waals surface area contributed by atoms with Crippen LogP contribution in [-0.2, 0) is 0 Å². The van der Waals surface area contributed by atoms with E-state index in [9.17, 15) is 0 Å². The molecule has 1 aliphatic heterocycles. The molecule has 100 valence electrons. The molecule has 1 aliphatic rings. The van der Waals surface area contributed by atoms with Gasteiger partial charge < -0.3 is 10.2 Å². The first-order chi connectivity index (χ1) is 9.24. The van der Waals surface area contributed by atoms with Crippen LogP contribution < -0.4 is 10.2 Å². The van der Waals surface area contributed by atoms with Gasteiger partial charge in [0, 0.05) is 25.3 Å². The first-order valence-electron chi connectivity index (χ1n) is 6.67. The van der Waals surface area contributed by atoms with Crippen LogP contribution in [-0.4, -0.2) is 35.8 Å². The summed E-state index contributed by atoms with van der Waals surface area (Å²) in [5, 5.41) is 10.8. The van der Waals surface area contributed by atoms with Crippen molar-refractivity contribution in [2.24, 2.45) is 0 Å². The molecule has 5 heteroatoms. The van der Waals surface area contributed by atoms with Crippen LogP contribution in [0.25, 0.3) is 11.4 Å². The minimum absolute atomic E-state index is 0.335. The van der Waals surface area contributed by atoms with Crippen molar-refractivity contribution < 1.29 is 0 Å². The second-order valence-corrected chi connectivity index (χ2v) is 5.13. The molecule has 19 heavy (non-hydrogen) atoms. The third kappa shape index (κ3) is 2.46. The van der Waals surface area contributed by atoms with Crippen LogP contribution in [0.4, 0.5) is 5.69 Å². The van der Waals surface area contributed by atoms with Crippen molar-refractivity contribution in [3.8, 4) is 11.4 Å². The van der Waals surface area contributed by atoms with Gasteiger partial charge in [-0.25, -0.2) is 4.98 Å². The number of aromatic nitrogens is 3. The molecular formula is C14H19N5. The zero-order valence-corrected chi connectivity index (χ0v) is 11.3. The topological polar surface area (TPSA) is 56.8 Å². The Labute approximate surface area is 113 Å². The molecule has 0 spiro atoms. The Kier molecular flexibility index (Phi) is 3.21. The Morgan fingerprint density at radius 1 is 1.21 bits per heavy atom. The predicted octanol–water partition coefficient (Wildman–Crippen LogP) is 1.96. The summed E-state index contributed by atoms with van der Waals surface area (Å²) in [6.45, 7) is 1.07. The van der Waals surface area contributed by atoms with Crippen molar-refractivity contribution >= 4 is 5.69 Å². The van der Waals surface area contributed by atoms with Gasteiger partial charge in [-0.05, 0) is 43.7 Å². The lowest BCUT2D eigenvalue weighted by Crippen LogP contribution is -2.14. The summed E-state index contributed by atoms with van der Waals surface area (Å²) in [7, 11) is 4.07. The highest BCUT2D eigenvalue weighted by molar-refractivity contribution is 5.59. The number of hydrogen-bond acceptors (Lipinski definition) is 4. The summed E-state index contributed by atoms with van der Waals surface area (Å²) in [6.07, 6.45) is 2.34. The molecule has 2 N–H and O–H groups in total. The number of rotatable bonds is 3. The lowest BCUT2D eigenvalue weighted by Gasteiger charge is -2.11. The zero-order chi connectivity index (χ0) is 13.2. The molecule has 2 heterocycles. The standard InChI is InChI=1S/C14H19N5/c1-19(2)11-7-5-10(6-8-11)13-16-14(18-17-13)12-4-3-9-15-12/h5-8,12,15H,3-4,9H2,1-2H3,(H,16,17,18). The van der Waals surface area contributed by atoms with Gasteiger partial charge in [0.2, 0.25) is 0 Å². The van der Waals surface area contributed by atoms with E-state index in [2.05, 4.69) is 49.7 Å². The van der Waals surface area contributed by atoms with Crippen LogP contribution in [0.1, 0.15) is 24.7 Å².